The molecule has 32 heavy (non-hydrogen) atoms. The Balaban J connectivity index is 1.75. The molecule has 0 amide bonds. The van der Waals surface area contributed by atoms with Gasteiger partial charge >= 0.3 is 0 Å². The SMILES string of the molecule is COCCn1cccc1[C@H]1[C@@H](c2ccccn2)NC(=S)N1c1ccc(NS(C)(=O)=O)cc1. The first-order valence-electron chi connectivity index (χ1n) is 10.1. The molecule has 1 aliphatic rings. The maximum Gasteiger partial charge on any atom is 0.229 e. The summed E-state index contributed by atoms with van der Waals surface area (Å²) in [5, 5.41) is 4.01. The van der Waals surface area contributed by atoms with Crippen LogP contribution in [-0.4, -0.2) is 43.1 Å². The molecule has 2 atom stereocenters. The van der Waals surface area contributed by atoms with Crippen molar-refractivity contribution in [2.75, 3.05) is 29.6 Å². The minimum atomic E-state index is -3.35. The number of nitrogens with zero attached hydrogens (tertiary/aromatic N) is 3. The topological polar surface area (TPSA) is 88.5 Å². The second-order valence-electron chi connectivity index (χ2n) is 7.54. The van der Waals surface area contributed by atoms with Gasteiger partial charge in [-0.05, 0) is 60.7 Å². The van der Waals surface area contributed by atoms with Crippen LogP contribution in [0.5, 0.6) is 0 Å². The third-order valence-electron chi connectivity index (χ3n) is 5.25. The van der Waals surface area contributed by atoms with Gasteiger partial charge in [-0.3, -0.25) is 9.71 Å². The monoisotopic (exact) mass is 471 g/mol. The van der Waals surface area contributed by atoms with Crippen LogP contribution < -0.4 is 14.9 Å². The van der Waals surface area contributed by atoms with Gasteiger partial charge in [0.25, 0.3) is 0 Å². The molecule has 3 aromatic rings. The minimum absolute atomic E-state index is 0.155. The molecule has 8 nitrogen and oxygen atoms in total. The number of sulfonamides is 1. The first-order valence-corrected chi connectivity index (χ1v) is 12.4. The summed E-state index contributed by atoms with van der Waals surface area (Å²) in [6.07, 6.45) is 4.93. The Bertz CT molecular complexity index is 1180. The third-order valence-corrected chi connectivity index (χ3v) is 6.17. The minimum Gasteiger partial charge on any atom is -0.383 e. The summed E-state index contributed by atoms with van der Waals surface area (Å²) in [7, 11) is -1.67. The van der Waals surface area contributed by atoms with Gasteiger partial charge in [0.15, 0.2) is 5.11 Å². The lowest BCUT2D eigenvalue weighted by Gasteiger charge is -2.29. The molecule has 2 N–H and O–H groups in total. The first kappa shape index (κ1) is 22.3. The molecule has 1 aromatic carbocycles. The number of ether oxygens (including phenoxy) is 1. The van der Waals surface area contributed by atoms with Crippen LogP contribution >= 0.6 is 12.2 Å². The fourth-order valence-electron chi connectivity index (χ4n) is 3.93. The van der Waals surface area contributed by atoms with Crippen molar-refractivity contribution in [3.8, 4) is 0 Å². The quantitative estimate of drug-likeness (QED) is 0.488. The van der Waals surface area contributed by atoms with Crippen molar-refractivity contribution in [2.45, 2.75) is 18.6 Å². The summed E-state index contributed by atoms with van der Waals surface area (Å²) in [6, 6.07) is 16.8. The number of thiocarbonyl (C=S) groups is 1. The highest BCUT2D eigenvalue weighted by Crippen LogP contribution is 2.41. The highest BCUT2D eigenvalue weighted by molar-refractivity contribution is 7.92. The van der Waals surface area contributed by atoms with Gasteiger partial charge in [-0.1, -0.05) is 6.07 Å². The molecule has 0 unspecified atom stereocenters. The fraction of sp³-hybridized carbons (Fsp3) is 0.273. The number of hydrogen-bond acceptors (Lipinski definition) is 5. The first-order chi connectivity index (χ1) is 15.4. The molecular weight excluding hydrogens is 446 g/mol. The molecule has 168 valence electrons. The Labute approximate surface area is 193 Å². The van der Waals surface area contributed by atoms with Crippen molar-refractivity contribution in [1.82, 2.24) is 14.9 Å². The van der Waals surface area contributed by atoms with E-state index in [9.17, 15) is 8.42 Å². The van der Waals surface area contributed by atoms with E-state index in [-0.39, 0.29) is 12.1 Å². The van der Waals surface area contributed by atoms with Crippen LogP contribution in [0.25, 0.3) is 0 Å². The predicted octanol–water partition coefficient (Wildman–Crippen LogP) is 3.08. The number of hydrogen-bond donors (Lipinski definition) is 2. The Morgan fingerprint density at radius 3 is 2.59 bits per heavy atom. The Morgan fingerprint density at radius 2 is 1.94 bits per heavy atom. The van der Waals surface area contributed by atoms with Crippen LogP contribution in [0.15, 0.2) is 67.0 Å². The molecule has 2 aromatic heterocycles. The third kappa shape index (κ3) is 4.77. The van der Waals surface area contributed by atoms with E-state index < -0.39 is 10.0 Å². The molecule has 0 radical (unpaired) electrons. The van der Waals surface area contributed by atoms with Gasteiger partial charge in [0, 0.05) is 43.1 Å². The maximum absolute atomic E-state index is 11.6. The lowest BCUT2D eigenvalue weighted by atomic mass is 10.0. The van der Waals surface area contributed by atoms with Gasteiger partial charge in [-0.15, -0.1) is 0 Å². The van der Waals surface area contributed by atoms with Gasteiger partial charge in [0.05, 0.1) is 24.6 Å². The van der Waals surface area contributed by atoms with E-state index in [0.717, 1.165) is 23.3 Å². The van der Waals surface area contributed by atoms with Crippen molar-refractivity contribution < 1.29 is 13.2 Å². The van der Waals surface area contributed by atoms with E-state index in [4.69, 9.17) is 17.0 Å². The van der Waals surface area contributed by atoms with E-state index in [1.54, 1.807) is 25.4 Å². The normalized spacial score (nSPS) is 18.6. The van der Waals surface area contributed by atoms with Crippen molar-refractivity contribution in [1.29, 1.82) is 0 Å². The van der Waals surface area contributed by atoms with Crippen LogP contribution in [0.3, 0.4) is 0 Å². The van der Waals surface area contributed by atoms with Crippen LogP contribution in [0.1, 0.15) is 23.5 Å². The van der Waals surface area contributed by atoms with Crippen molar-refractivity contribution in [3.63, 3.8) is 0 Å². The molecule has 1 fully saturated rings. The second kappa shape index (κ2) is 9.27. The molecule has 10 heteroatoms. The van der Waals surface area contributed by atoms with Crippen molar-refractivity contribution in [3.05, 3.63) is 78.4 Å². The van der Waals surface area contributed by atoms with Gasteiger partial charge in [0.2, 0.25) is 10.0 Å². The predicted molar refractivity (Wildman–Crippen MR) is 129 cm³/mol. The van der Waals surface area contributed by atoms with Gasteiger partial charge in [-0.2, -0.15) is 0 Å². The average Bonchev–Trinajstić information content (AvgIpc) is 3.36. The van der Waals surface area contributed by atoms with E-state index in [1.165, 1.54) is 0 Å². The summed E-state index contributed by atoms with van der Waals surface area (Å²) < 4.78 is 33.0. The zero-order valence-electron chi connectivity index (χ0n) is 17.8. The molecule has 3 heterocycles. The Kier molecular flexibility index (Phi) is 6.45. The fourth-order valence-corrected chi connectivity index (χ4v) is 4.84. The summed E-state index contributed by atoms with van der Waals surface area (Å²) in [5.74, 6) is 0. The molecule has 0 spiro atoms. The molecule has 1 saturated heterocycles. The average molecular weight is 472 g/mol. The maximum atomic E-state index is 11.6. The van der Waals surface area contributed by atoms with Crippen molar-refractivity contribution in [2.24, 2.45) is 0 Å². The molecular formula is C22H25N5O3S2. The zero-order valence-corrected chi connectivity index (χ0v) is 19.4. The lowest BCUT2D eigenvalue weighted by Crippen LogP contribution is -2.30. The number of anilines is 2. The van der Waals surface area contributed by atoms with Gasteiger partial charge < -0.3 is 19.5 Å². The van der Waals surface area contributed by atoms with Crippen LogP contribution in [0, 0.1) is 0 Å². The summed E-state index contributed by atoms with van der Waals surface area (Å²) in [6.45, 7) is 1.30. The van der Waals surface area contributed by atoms with E-state index in [2.05, 4.69) is 30.6 Å². The molecule has 1 aliphatic heterocycles. The Morgan fingerprint density at radius 1 is 1.16 bits per heavy atom. The smallest absolute Gasteiger partial charge is 0.229 e. The van der Waals surface area contributed by atoms with E-state index in [1.807, 2.05) is 42.6 Å². The number of aromatic nitrogens is 2. The molecule has 0 saturated carbocycles. The largest absolute Gasteiger partial charge is 0.383 e. The van der Waals surface area contributed by atoms with E-state index in [0.29, 0.717) is 24.0 Å². The number of pyridine rings is 1. The standard InChI is InChI=1S/C22H25N5O3S2/c1-30-15-14-26-13-5-7-19(26)21-20(18-6-3-4-12-23-18)24-22(31)27(21)17-10-8-16(9-11-17)25-32(2,28)29/h3-13,20-21,25H,14-15H2,1-2H3,(H,24,31)/t20-,21+/m1/s1. The molecule has 0 bridgehead atoms. The van der Waals surface area contributed by atoms with Crippen molar-refractivity contribution >= 4 is 38.7 Å². The van der Waals surface area contributed by atoms with E-state index >= 15 is 0 Å². The summed E-state index contributed by atoms with van der Waals surface area (Å²) in [5.41, 5.74) is 3.31. The number of methoxy groups -OCH3 is 1. The molecule has 0 aliphatic carbocycles. The van der Waals surface area contributed by atoms with Crippen LogP contribution in [0.4, 0.5) is 11.4 Å². The summed E-state index contributed by atoms with van der Waals surface area (Å²) in [4.78, 5) is 6.62. The van der Waals surface area contributed by atoms with Gasteiger partial charge in [0.1, 0.15) is 6.04 Å². The van der Waals surface area contributed by atoms with Gasteiger partial charge in [-0.25, -0.2) is 8.42 Å². The highest BCUT2D eigenvalue weighted by atomic mass is 32.2. The highest BCUT2D eigenvalue weighted by Gasteiger charge is 2.41. The van der Waals surface area contributed by atoms with Crippen LogP contribution in [0.2, 0.25) is 0 Å². The summed E-state index contributed by atoms with van der Waals surface area (Å²) >= 11 is 5.74. The molecule has 4 rings (SSSR count). The second-order valence-corrected chi connectivity index (χ2v) is 9.67. The number of nitrogens with one attached hydrogen (secondary N) is 2. The lowest BCUT2D eigenvalue weighted by molar-refractivity contribution is 0.186. The number of benzene rings is 1. The number of rotatable bonds is 8. The zero-order chi connectivity index (χ0) is 22.7. The Hall–Kier alpha value is -2.95. The van der Waals surface area contributed by atoms with Crippen LogP contribution in [-0.2, 0) is 21.3 Å².